The Balaban J connectivity index is 1.74. The maximum absolute atomic E-state index is 4.37. The van der Waals surface area contributed by atoms with Gasteiger partial charge >= 0.3 is 0 Å². The fraction of sp³-hybridized carbons (Fsp3) is 0.150. The molecule has 3 heteroatoms. The van der Waals surface area contributed by atoms with Gasteiger partial charge in [0.1, 0.15) is 0 Å². The Hall–Kier alpha value is -2.81. The van der Waals surface area contributed by atoms with Gasteiger partial charge in [0.05, 0.1) is 11.2 Å². The van der Waals surface area contributed by atoms with Gasteiger partial charge in [-0.25, -0.2) is 0 Å². The molecule has 2 aromatic carbocycles. The summed E-state index contributed by atoms with van der Waals surface area (Å²) in [7, 11) is 0. The Morgan fingerprint density at radius 1 is 1.00 bits per heavy atom. The van der Waals surface area contributed by atoms with Gasteiger partial charge in [0.15, 0.2) is 0 Å². The Morgan fingerprint density at radius 2 is 1.83 bits per heavy atom. The van der Waals surface area contributed by atoms with E-state index in [4.69, 9.17) is 0 Å². The predicted octanol–water partition coefficient (Wildman–Crippen LogP) is 5.20. The molecule has 0 amide bonds. The van der Waals surface area contributed by atoms with Gasteiger partial charge < -0.3 is 10.3 Å². The Morgan fingerprint density at radius 3 is 2.65 bits per heavy atom. The van der Waals surface area contributed by atoms with Crippen LogP contribution in [0.2, 0.25) is 0 Å². The molecule has 23 heavy (non-hydrogen) atoms. The van der Waals surface area contributed by atoms with E-state index in [2.05, 4.69) is 70.7 Å². The summed E-state index contributed by atoms with van der Waals surface area (Å²) >= 11 is 0. The molecule has 0 radical (unpaired) electrons. The molecule has 114 valence electrons. The van der Waals surface area contributed by atoms with Crippen LogP contribution in [0.5, 0.6) is 0 Å². The van der Waals surface area contributed by atoms with Crippen LogP contribution in [0, 0.1) is 6.92 Å². The normalized spacial score (nSPS) is 12.6. The fourth-order valence-corrected chi connectivity index (χ4v) is 3.12. The lowest BCUT2D eigenvalue weighted by atomic mass is 10.1. The number of nitrogens with one attached hydrogen (secondary N) is 2. The minimum absolute atomic E-state index is 0.266. The first-order valence-corrected chi connectivity index (χ1v) is 7.91. The van der Waals surface area contributed by atoms with Gasteiger partial charge in [-0.15, -0.1) is 0 Å². The van der Waals surface area contributed by atoms with Gasteiger partial charge in [-0.05, 0) is 43.7 Å². The highest BCUT2D eigenvalue weighted by Gasteiger charge is 2.09. The minimum Gasteiger partial charge on any atom is -0.379 e. The molecule has 0 spiro atoms. The number of nitrogens with zero attached hydrogens (tertiary/aromatic N) is 1. The maximum atomic E-state index is 4.37. The number of hydrogen-bond acceptors (Lipinski definition) is 2. The van der Waals surface area contributed by atoms with Crippen molar-refractivity contribution in [1.29, 1.82) is 0 Å². The number of hydrogen-bond donors (Lipinski definition) is 2. The first-order chi connectivity index (χ1) is 11.2. The summed E-state index contributed by atoms with van der Waals surface area (Å²) in [5.41, 5.74) is 5.71. The summed E-state index contributed by atoms with van der Waals surface area (Å²) in [6.07, 6.45) is 1.87. The lowest BCUT2D eigenvalue weighted by Gasteiger charge is -2.15. The number of benzene rings is 2. The summed E-state index contributed by atoms with van der Waals surface area (Å²) in [6.45, 7) is 4.22. The zero-order chi connectivity index (χ0) is 15.8. The molecule has 1 atom stereocenters. The van der Waals surface area contributed by atoms with Crippen LogP contribution in [0.4, 0.5) is 5.69 Å². The van der Waals surface area contributed by atoms with Crippen molar-refractivity contribution < 1.29 is 0 Å². The van der Waals surface area contributed by atoms with Gasteiger partial charge in [-0.1, -0.05) is 30.3 Å². The zero-order valence-corrected chi connectivity index (χ0v) is 13.3. The van der Waals surface area contributed by atoms with Crippen molar-refractivity contribution in [2.24, 2.45) is 0 Å². The number of aromatic nitrogens is 2. The molecule has 0 aliphatic rings. The highest BCUT2D eigenvalue weighted by molar-refractivity contribution is 6.08. The summed E-state index contributed by atoms with van der Waals surface area (Å²) in [4.78, 5) is 7.83. The minimum atomic E-state index is 0.266. The number of anilines is 1. The summed E-state index contributed by atoms with van der Waals surface area (Å²) < 4.78 is 0. The van der Waals surface area contributed by atoms with Gasteiger partial charge in [0.2, 0.25) is 0 Å². The van der Waals surface area contributed by atoms with Crippen molar-refractivity contribution in [3.63, 3.8) is 0 Å². The summed E-state index contributed by atoms with van der Waals surface area (Å²) in [6, 6.07) is 19.3. The highest BCUT2D eigenvalue weighted by Crippen LogP contribution is 2.30. The van der Waals surface area contributed by atoms with E-state index in [0.29, 0.717) is 0 Å². The Kier molecular flexibility index (Phi) is 3.27. The van der Waals surface area contributed by atoms with E-state index < -0.39 is 0 Å². The molecule has 3 nitrogen and oxygen atoms in total. The summed E-state index contributed by atoms with van der Waals surface area (Å²) in [5, 5.41) is 6.05. The molecule has 0 fully saturated rings. The number of H-pyrrole nitrogens is 1. The molecule has 0 saturated heterocycles. The van der Waals surface area contributed by atoms with Crippen LogP contribution in [-0.4, -0.2) is 9.97 Å². The smallest absolute Gasteiger partial charge is 0.0681 e. The molecule has 4 rings (SSSR count). The first-order valence-electron chi connectivity index (χ1n) is 7.91. The molecule has 0 aliphatic carbocycles. The highest BCUT2D eigenvalue weighted by atomic mass is 14.9. The topological polar surface area (TPSA) is 40.7 Å². The van der Waals surface area contributed by atoms with Gasteiger partial charge in [-0.2, -0.15) is 0 Å². The second kappa shape index (κ2) is 5.43. The first kappa shape index (κ1) is 13.8. The summed E-state index contributed by atoms with van der Waals surface area (Å²) in [5.74, 6) is 0. The van der Waals surface area contributed by atoms with Crippen molar-refractivity contribution in [1.82, 2.24) is 9.97 Å². The van der Waals surface area contributed by atoms with E-state index in [-0.39, 0.29) is 6.04 Å². The standard InChI is InChI=1S/C20H19N3/c1-13(15-6-4-3-5-7-15)22-16-8-9-19-18(12-16)17-10-11-21-14(2)20(17)23-19/h3-13,22-23H,1-2H3. The molecule has 2 N–H and O–H groups in total. The zero-order valence-electron chi connectivity index (χ0n) is 13.3. The number of aryl methyl sites for hydroxylation is 1. The molecule has 1 unspecified atom stereocenters. The van der Waals surface area contributed by atoms with Crippen LogP contribution in [-0.2, 0) is 0 Å². The fourth-order valence-electron chi connectivity index (χ4n) is 3.12. The third-order valence-corrected chi connectivity index (χ3v) is 4.39. The Bertz CT molecular complexity index is 970. The number of rotatable bonds is 3. The molecule has 2 heterocycles. The average molecular weight is 301 g/mol. The quantitative estimate of drug-likeness (QED) is 0.546. The van der Waals surface area contributed by atoms with Crippen LogP contribution < -0.4 is 5.32 Å². The average Bonchev–Trinajstić information content (AvgIpc) is 2.95. The van der Waals surface area contributed by atoms with Crippen LogP contribution >= 0.6 is 0 Å². The van der Waals surface area contributed by atoms with Gasteiger partial charge in [-0.3, -0.25) is 4.98 Å². The molecule has 0 aliphatic heterocycles. The molecule has 2 aromatic heterocycles. The van der Waals surface area contributed by atoms with Crippen molar-refractivity contribution in [2.45, 2.75) is 19.9 Å². The SMILES string of the molecule is Cc1nccc2c1[nH]c1ccc(NC(C)c3ccccc3)cc12. The number of pyridine rings is 1. The maximum Gasteiger partial charge on any atom is 0.0681 e. The van der Waals surface area contributed by atoms with Gasteiger partial charge in [0.25, 0.3) is 0 Å². The lowest BCUT2D eigenvalue weighted by molar-refractivity contribution is 0.885. The second-order valence-electron chi connectivity index (χ2n) is 5.98. The third-order valence-electron chi connectivity index (χ3n) is 4.39. The van der Waals surface area contributed by atoms with E-state index in [1.807, 2.05) is 19.2 Å². The molecule has 4 aromatic rings. The molecule has 0 saturated carbocycles. The predicted molar refractivity (Wildman–Crippen MR) is 96.8 cm³/mol. The molecular formula is C20H19N3. The molecular weight excluding hydrogens is 282 g/mol. The van der Waals surface area contributed by atoms with Crippen LogP contribution in [0.3, 0.4) is 0 Å². The lowest BCUT2D eigenvalue weighted by Crippen LogP contribution is -2.06. The second-order valence-corrected chi connectivity index (χ2v) is 5.98. The van der Waals surface area contributed by atoms with Crippen molar-refractivity contribution in [2.75, 3.05) is 5.32 Å². The van der Waals surface area contributed by atoms with Crippen LogP contribution in [0.25, 0.3) is 21.8 Å². The van der Waals surface area contributed by atoms with E-state index in [0.717, 1.165) is 22.4 Å². The van der Waals surface area contributed by atoms with E-state index in [1.165, 1.54) is 16.3 Å². The van der Waals surface area contributed by atoms with E-state index in [9.17, 15) is 0 Å². The van der Waals surface area contributed by atoms with E-state index >= 15 is 0 Å². The molecule has 0 bridgehead atoms. The number of aromatic amines is 1. The van der Waals surface area contributed by atoms with Crippen molar-refractivity contribution in [3.05, 3.63) is 72.1 Å². The monoisotopic (exact) mass is 301 g/mol. The number of fused-ring (bicyclic) bond motifs is 3. The van der Waals surface area contributed by atoms with Crippen LogP contribution in [0.15, 0.2) is 60.8 Å². The van der Waals surface area contributed by atoms with Crippen molar-refractivity contribution in [3.8, 4) is 0 Å². The van der Waals surface area contributed by atoms with E-state index in [1.54, 1.807) is 0 Å². The van der Waals surface area contributed by atoms with Crippen molar-refractivity contribution >= 4 is 27.5 Å². The third kappa shape index (κ3) is 2.44. The Labute approximate surface area is 135 Å². The van der Waals surface area contributed by atoms with Gasteiger partial charge in [0, 0.05) is 34.2 Å². The van der Waals surface area contributed by atoms with Crippen LogP contribution in [0.1, 0.15) is 24.2 Å². The largest absolute Gasteiger partial charge is 0.379 e.